The van der Waals surface area contributed by atoms with Crippen LogP contribution >= 0.6 is 0 Å². The summed E-state index contributed by atoms with van der Waals surface area (Å²) in [7, 11) is -3.18. The molecule has 0 saturated heterocycles. The van der Waals surface area contributed by atoms with Crippen LogP contribution in [0.15, 0.2) is 35.7 Å². The van der Waals surface area contributed by atoms with E-state index in [4.69, 9.17) is 0 Å². The number of aryl methyl sites for hydroxylation is 2. The molecule has 0 spiro atoms. The molecule has 1 aromatic heterocycles. The first-order chi connectivity index (χ1) is 10.8. The molecule has 122 valence electrons. The van der Waals surface area contributed by atoms with Crippen LogP contribution in [0.4, 0.5) is 0 Å². The smallest absolute Gasteiger partial charge is 0.269 e. The van der Waals surface area contributed by atoms with Crippen LogP contribution in [-0.2, 0) is 9.84 Å². The highest BCUT2D eigenvalue weighted by Gasteiger charge is 2.10. The number of benzene rings is 1. The van der Waals surface area contributed by atoms with Crippen molar-refractivity contribution in [2.24, 2.45) is 0 Å². The molecule has 0 unspecified atom stereocenters. The maximum atomic E-state index is 12.0. The van der Waals surface area contributed by atoms with Gasteiger partial charge in [0.1, 0.15) is 5.69 Å². The number of amides is 1. The first-order valence-electron chi connectivity index (χ1n) is 7.04. The number of carbonyl (C=O) groups excluding carboxylic acids is 1. The summed E-state index contributed by atoms with van der Waals surface area (Å²) in [6.45, 7) is 4.18. The predicted octanol–water partition coefficient (Wildman–Crippen LogP) is 1.98. The third kappa shape index (κ3) is 4.79. The zero-order chi connectivity index (χ0) is 17.0. The molecule has 0 saturated carbocycles. The van der Waals surface area contributed by atoms with Crippen molar-refractivity contribution in [2.75, 3.05) is 12.8 Å². The lowest BCUT2D eigenvalue weighted by Crippen LogP contribution is -2.23. The van der Waals surface area contributed by atoms with Crippen LogP contribution in [0.25, 0.3) is 11.3 Å². The van der Waals surface area contributed by atoms with Crippen LogP contribution in [0, 0.1) is 13.8 Å². The van der Waals surface area contributed by atoms with E-state index < -0.39 is 9.84 Å². The van der Waals surface area contributed by atoms with Crippen molar-refractivity contribution in [3.8, 4) is 11.3 Å². The Morgan fingerprint density at radius 3 is 2.65 bits per heavy atom. The summed E-state index contributed by atoms with van der Waals surface area (Å²) in [6.07, 6.45) is 2.48. The zero-order valence-corrected chi connectivity index (χ0v) is 14.1. The van der Waals surface area contributed by atoms with Crippen molar-refractivity contribution in [1.82, 2.24) is 15.5 Å². The van der Waals surface area contributed by atoms with Crippen molar-refractivity contribution in [3.05, 3.63) is 52.6 Å². The lowest BCUT2D eigenvalue weighted by molar-refractivity contribution is 0.0953. The molecule has 1 heterocycles. The second-order valence-electron chi connectivity index (χ2n) is 5.38. The lowest BCUT2D eigenvalue weighted by Gasteiger charge is -2.02. The van der Waals surface area contributed by atoms with E-state index in [0.29, 0.717) is 11.4 Å². The number of hydrogen-bond acceptors (Lipinski definition) is 4. The molecule has 23 heavy (non-hydrogen) atoms. The first-order valence-corrected chi connectivity index (χ1v) is 8.99. The number of nitrogens with one attached hydrogen (secondary N) is 2. The predicted molar refractivity (Wildman–Crippen MR) is 89.8 cm³/mol. The van der Waals surface area contributed by atoms with Gasteiger partial charge in [0.25, 0.3) is 5.91 Å². The Hall–Kier alpha value is -2.41. The van der Waals surface area contributed by atoms with E-state index in [-0.39, 0.29) is 12.5 Å². The normalized spacial score (nSPS) is 11.8. The van der Waals surface area contributed by atoms with Crippen LogP contribution in [0.5, 0.6) is 0 Å². The van der Waals surface area contributed by atoms with Crippen molar-refractivity contribution >= 4 is 15.7 Å². The van der Waals surface area contributed by atoms with Crippen molar-refractivity contribution in [1.29, 1.82) is 0 Å². The second kappa shape index (κ2) is 6.78. The summed E-state index contributed by atoms with van der Waals surface area (Å²) < 4.78 is 21.9. The molecule has 0 aliphatic carbocycles. The minimum Gasteiger partial charge on any atom is -0.347 e. The number of sulfone groups is 1. The SMILES string of the molecule is Cc1ccc(-c2cc(C(=O)NC/C=C/S(C)(=O)=O)[nH]n2)cc1C. The maximum absolute atomic E-state index is 12.0. The van der Waals surface area contributed by atoms with E-state index in [9.17, 15) is 13.2 Å². The van der Waals surface area contributed by atoms with Gasteiger partial charge in [0.2, 0.25) is 0 Å². The molecule has 0 fully saturated rings. The fraction of sp³-hybridized carbons (Fsp3) is 0.250. The molecule has 0 radical (unpaired) electrons. The monoisotopic (exact) mass is 333 g/mol. The van der Waals surface area contributed by atoms with E-state index in [0.717, 1.165) is 22.8 Å². The minimum absolute atomic E-state index is 0.129. The summed E-state index contributed by atoms with van der Waals surface area (Å²) >= 11 is 0. The number of H-pyrrole nitrogens is 1. The van der Waals surface area contributed by atoms with Crippen molar-refractivity contribution in [3.63, 3.8) is 0 Å². The lowest BCUT2D eigenvalue weighted by atomic mass is 10.0. The van der Waals surface area contributed by atoms with Gasteiger partial charge in [0.15, 0.2) is 9.84 Å². The van der Waals surface area contributed by atoms with E-state index in [2.05, 4.69) is 15.5 Å². The van der Waals surface area contributed by atoms with Crippen LogP contribution in [0.1, 0.15) is 21.6 Å². The van der Waals surface area contributed by atoms with Crippen LogP contribution in [0.2, 0.25) is 0 Å². The summed E-state index contributed by atoms with van der Waals surface area (Å²) in [5.41, 5.74) is 4.29. The molecule has 0 aliphatic rings. The molecular weight excluding hydrogens is 314 g/mol. The quantitative estimate of drug-likeness (QED) is 0.875. The van der Waals surface area contributed by atoms with Gasteiger partial charge in [-0.2, -0.15) is 5.10 Å². The van der Waals surface area contributed by atoms with Crippen molar-refractivity contribution in [2.45, 2.75) is 13.8 Å². The largest absolute Gasteiger partial charge is 0.347 e. The molecule has 1 amide bonds. The fourth-order valence-corrected chi connectivity index (χ4v) is 2.40. The number of hydrogen-bond donors (Lipinski definition) is 2. The molecule has 2 aromatic rings. The highest BCUT2D eigenvalue weighted by Crippen LogP contribution is 2.20. The number of carbonyl (C=O) groups is 1. The van der Waals surface area contributed by atoms with Crippen molar-refractivity contribution < 1.29 is 13.2 Å². The molecule has 0 aliphatic heterocycles. The van der Waals surface area contributed by atoms with Gasteiger partial charge < -0.3 is 5.32 Å². The molecular formula is C16H19N3O3S. The Kier molecular flexibility index (Phi) is 5.00. The van der Waals surface area contributed by atoms with E-state index in [1.807, 2.05) is 32.0 Å². The molecule has 2 N–H and O–H groups in total. The van der Waals surface area contributed by atoms with Gasteiger partial charge in [-0.25, -0.2) is 8.42 Å². The summed E-state index contributed by atoms with van der Waals surface area (Å²) in [4.78, 5) is 12.0. The van der Waals surface area contributed by atoms with Crippen LogP contribution < -0.4 is 5.32 Å². The highest BCUT2D eigenvalue weighted by molar-refractivity contribution is 7.93. The Labute approximate surface area is 135 Å². The average molecular weight is 333 g/mol. The van der Waals surface area contributed by atoms with Crippen LogP contribution in [0.3, 0.4) is 0 Å². The number of aromatic nitrogens is 2. The maximum Gasteiger partial charge on any atom is 0.269 e. The van der Waals surface area contributed by atoms with Crippen LogP contribution in [-0.4, -0.2) is 37.3 Å². The van der Waals surface area contributed by atoms with E-state index in [1.165, 1.54) is 11.6 Å². The number of aromatic amines is 1. The average Bonchev–Trinajstić information content (AvgIpc) is 2.95. The van der Waals surface area contributed by atoms with E-state index in [1.54, 1.807) is 6.07 Å². The zero-order valence-electron chi connectivity index (χ0n) is 13.3. The third-order valence-electron chi connectivity index (χ3n) is 3.35. The Bertz CT molecular complexity index is 851. The second-order valence-corrected chi connectivity index (χ2v) is 7.31. The first kappa shape index (κ1) is 17.0. The standard InChI is InChI=1S/C16H19N3O3S/c1-11-5-6-13(9-12(11)2)14-10-15(19-18-14)16(20)17-7-4-8-23(3,21)22/h4-6,8-10H,7H2,1-3H3,(H,17,20)(H,18,19)/b8-4+. The van der Waals surface area contributed by atoms with E-state index >= 15 is 0 Å². The van der Waals surface area contributed by atoms with Gasteiger partial charge in [-0.1, -0.05) is 18.2 Å². The molecule has 2 rings (SSSR count). The molecule has 0 atom stereocenters. The molecule has 7 heteroatoms. The third-order valence-corrected chi connectivity index (χ3v) is 4.04. The molecule has 6 nitrogen and oxygen atoms in total. The summed E-state index contributed by atoms with van der Waals surface area (Å²) in [6, 6.07) is 7.64. The number of nitrogens with zero attached hydrogens (tertiary/aromatic N) is 1. The Morgan fingerprint density at radius 2 is 2.00 bits per heavy atom. The molecule has 0 bridgehead atoms. The number of rotatable bonds is 5. The fourth-order valence-electron chi connectivity index (χ4n) is 1.96. The Balaban J connectivity index is 2.05. The van der Waals surface area contributed by atoms with Gasteiger partial charge >= 0.3 is 0 Å². The van der Waals surface area contributed by atoms with Gasteiger partial charge in [-0.05, 0) is 37.1 Å². The molecule has 1 aromatic carbocycles. The summed E-state index contributed by atoms with van der Waals surface area (Å²) in [5, 5.41) is 10.5. The Morgan fingerprint density at radius 1 is 1.26 bits per heavy atom. The van der Waals surface area contributed by atoms with Gasteiger partial charge in [0.05, 0.1) is 5.69 Å². The highest BCUT2D eigenvalue weighted by atomic mass is 32.2. The van der Waals surface area contributed by atoms with Gasteiger partial charge in [-0.15, -0.1) is 0 Å². The minimum atomic E-state index is -3.18. The summed E-state index contributed by atoms with van der Waals surface area (Å²) in [5.74, 6) is -0.342. The topological polar surface area (TPSA) is 91.9 Å². The van der Waals surface area contributed by atoms with Gasteiger partial charge in [0, 0.05) is 23.8 Å². The van der Waals surface area contributed by atoms with Gasteiger partial charge in [-0.3, -0.25) is 9.89 Å².